The Balaban J connectivity index is 1.93. The molecular formula is C14H19NO4. The van der Waals surface area contributed by atoms with Crippen molar-refractivity contribution in [2.24, 2.45) is 0 Å². The van der Waals surface area contributed by atoms with Gasteiger partial charge < -0.3 is 19.9 Å². The molecule has 19 heavy (non-hydrogen) atoms. The van der Waals surface area contributed by atoms with Crippen LogP contribution in [0, 0.1) is 0 Å². The molecule has 0 aliphatic carbocycles. The largest absolute Gasteiger partial charge is 0.394 e. The SMILES string of the molecule is CC1(C)O[C@H](CO)[C@H](C(=O)NCc2ccccc2)O1. The third kappa shape index (κ3) is 3.53. The summed E-state index contributed by atoms with van der Waals surface area (Å²) >= 11 is 0. The first kappa shape index (κ1) is 14.0. The van der Waals surface area contributed by atoms with E-state index in [4.69, 9.17) is 9.47 Å². The first-order valence-electron chi connectivity index (χ1n) is 6.30. The maximum Gasteiger partial charge on any atom is 0.252 e. The van der Waals surface area contributed by atoms with E-state index in [1.807, 2.05) is 30.3 Å². The summed E-state index contributed by atoms with van der Waals surface area (Å²) in [5.74, 6) is -1.12. The standard InChI is InChI=1S/C14H19NO4/c1-14(2)18-11(9-16)12(19-14)13(17)15-8-10-6-4-3-5-7-10/h3-7,11-12,16H,8-9H2,1-2H3,(H,15,17)/t11-,12-/m1/s1. The first-order valence-corrected chi connectivity index (χ1v) is 6.30. The highest BCUT2D eigenvalue weighted by atomic mass is 16.8. The number of benzene rings is 1. The van der Waals surface area contributed by atoms with Crippen LogP contribution in [0.5, 0.6) is 0 Å². The summed E-state index contributed by atoms with van der Waals surface area (Å²) in [4.78, 5) is 12.0. The van der Waals surface area contributed by atoms with Crippen molar-refractivity contribution in [1.82, 2.24) is 5.32 Å². The van der Waals surface area contributed by atoms with Gasteiger partial charge in [0.15, 0.2) is 11.9 Å². The number of carbonyl (C=O) groups excluding carboxylic acids is 1. The van der Waals surface area contributed by atoms with Gasteiger partial charge in [-0.25, -0.2) is 0 Å². The molecule has 1 amide bonds. The van der Waals surface area contributed by atoms with E-state index in [0.717, 1.165) is 5.56 Å². The second kappa shape index (κ2) is 5.69. The summed E-state index contributed by atoms with van der Waals surface area (Å²) in [6.45, 7) is 3.63. The minimum absolute atomic E-state index is 0.243. The van der Waals surface area contributed by atoms with Crippen molar-refractivity contribution < 1.29 is 19.4 Å². The molecular weight excluding hydrogens is 246 g/mol. The minimum Gasteiger partial charge on any atom is -0.394 e. The van der Waals surface area contributed by atoms with Gasteiger partial charge in [0.2, 0.25) is 0 Å². The van der Waals surface area contributed by atoms with E-state index in [-0.39, 0.29) is 12.5 Å². The molecule has 1 heterocycles. The van der Waals surface area contributed by atoms with Gasteiger partial charge in [0, 0.05) is 6.54 Å². The Kier molecular flexibility index (Phi) is 4.19. The second-order valence-corrected chi connectivity index (χ2v) is 4.98. The highest BCUT2D eigenvalue weighted by Crippen LogP contribution is 2.27. The van der Waals surface area contributed by atoms with Gasteiger partial charge in [-0.1, -0.05) is 30.3 Å². The van der Waals surface area contributed by atoms with Crippen LogP contribution in [0.25, 0.3) is 0 Å². The zero-order chi connectivity index (χ0) is 13.9. The Hall–Kier alpha value is -1.43. The predicted molar refractivity (Wildman–Crippen MR) is 69.2 cm³/mol. The van der Waals surface area contributed by atoms with E-state index in [1.165, 1.54) is 0 Å². The number of aliphatic hydroxyl groups excluding tert-OH is 1. The second-order valence-electron chi connectivity index (χ2n) is 4.98. The number of rotatable bonds is 4. The molecule has 2 N–H and O–H groups in total. The molecule has 1 aliphatic rings. The van der Waals surface area contributed by atoms with Gasteiger partial charge in [-0.05, 0) is 19.4 Å². The van der Waals surface area contributed by atoms with Crippen LogP contribution < -0.4 is 5.32 Å². The van der Waals surface area contributed by atoms with Crippen LogP contribution in [0.1, 0.15) is 19.4 Å². The topological polar surface area (TPSA) is 67.8 Å². The van der Waals surface area contributed by atoms with E-state index in [9.17, 15) is 9.90 Å². The third-order valence-electron chi connectivity index (χ3n) is 2.93. The molecule has 2 rings (SSSR count). The van der Waals surface area contributed by atoms with Crippen molar-refractivity contribution in [3.8, 4) is 0 Å². The van der Waals surface area contributed by atoms with Crippen LogP contribution >= 0.6 is 0 Å². The molecule has 0 radical (unpaired) electrons. The molecule has 1 saturated heterocycles. The zero-order valence-electron chi connectivity index (χ0n) is 11.1. The lowest BCUT2D eigenvalue weighted by atomic mass is 10.2. The first-order chi connectivity index (χ1) is 9.02. The zero-order valence-corrected chi connectivity index (χ0v) is 11.1. The number of ether oxygens (including phenoxy) is 2. The van der Waals surface area contributed by atoms with E-state index < -0.39 is 18.0 Å². The fourth-order valence-corrected chi connectivity index (χ4v) is 2.08. The van der Waals surface area contributed by atoms with Gasteiger partial charge in [-0.15, -0.1) is 0 Å². The Morgan fingerprint density at radius 3 is 2.63 bits per heavy atom. The van der Waals surface area contributed by atoms with Crippen LogP contribution in [0.3, 0.4) is 0 Å². The lowest BCUT2D eigenvalue weighted by Gasteiger charge is -2.16. The molecule has 5 heteroatoms. The highest BCUT2D eigenvalue weighted by molar-refractivity contribution is 5.81. The number of aliphatic hydroxyl groups is 1. The molecule has 0 spiro atoms. The Labute approximate surface area is 112 Å². The average molecular weight is 265 g/mol. The van der Waals surface area contributed by atoms with Crippen LogP contribution in [-0.2, 0) is 20.8 Å². The maximum absolute atomic E-state index is 12.0. The summed E-state index contributed by atoms with van der Waals surface area (Å²) in [6.07, 6.45) is -1.39. The van der Waals surface area contributed by atoms with Gasteiger partial charge in [0.25, 0.3) is 5.91 Å². The molecule has 1 aromatic carbocycles. The molecule has 1 fully saturated rings. The Bertz CT molecular complexity index is 432. The van der Waals surface area contributed by atoms with Gasteiger partial charge in [-0.2, -0.15) is 0 Å². The van der Waals surface area contributed by atoms with Gasteiger partial charge in [-0.3, -0.25) is 4.79 Å². The molecule has 1 aliphatic heterocycles. The van der Waals surface area contributed by atoms with E-state index in [2.05, 4.69) is 5.32 Å². The van der Waals surface area contributed by atoms with Crippen LogP contribution in [0.4, 0.5) is 0 Å². The predicted octanol–water partition coefficient (Wildman–Crippen LogP) is 0.815. The van der Waals surface area contributed by atoms with Gasteiger partial charge in [0.05, 0.1) is 6.61 Å². The Morgan fingerprint density at radius 1 is 1.32 bits per heavy atom. The number of nitrogens with one attached hydrogen (secondary N) is 1. The number of hydrogen-bond donors (Lipinski definition) is 2. The van der Waals surface area contributed by atoms with Crippen molar-refractivity contribution in [2.45, 2.75) is 38.4 Å². The van der Waals surface area contributed by atoms with Crippen LogP contribution in [0.2, 0.25) is 0 Å². The van der Waals surface area contributed by atoms with Crippen molar-refractivity contribution in [1.29, 1.82) is 0 Å². The quantitative estimate of drug-likeness (QED) is 0.845. The normalized spacial score (nSPS) is 25.2. The van der Waals surface area contributed by atoms with Crippen molar-refractivity contribution in [2.75, 3.05) is 6.61 Å². The molecule has 5 nitrogen and oxygen atoms in total. The molecule has 0 unspecified atom stereocenters. The lowest BCUT2D eigenvalue weighted by Crippen LogP contribution is -2.41. The summed E-state index contributed by atoms with van der Waals surface area (Å²) in [6, 6.07) is 9.61. The van der Waals surface area contributed by atoms with E-state index in [0.29, 0.717) is 6.54 Å². The summed E-state index contributed by atoms with van der Waals surface area (Å²) < 4.78 is 11.0. The molecule has 104 valence electrons. The fourth-order valence-electron chi connectivity index (χ4n) is 2.08. The van der Waals surface area contributed by atoms with Gasteiger partial charge >= 0.3 is 0 Å². The Morgan fingerprint density at radius 2 is 2.00 bits per heavy atom. The number of hydrogen-bond acceptors (Lipinski definition) is 4. The van der Waals surface area contributed by atoms with Gasteiger partial charge in [0.1, 0.15) is 6.10 Å². The molecule has 2 atom stereocenters. The number of carbonyl (C=O) groups is 1. The van der Waals surface area contributed by atoms with E-state index in [1.54, 1.807) is 13.8 Å². The fraction of sp³-hybridized carbons (Fsp3) is 0.500. The molecule has 1 aromatic rings. The summed E-state index contributed by atoms with van der Waals surface area (Å²) in [7, 11) is 0. The van der Waals surface area contributed by atoms with Crippen LogP contribution in [-0.4, -0.2) is 35.6 Å². The highest BCUT2D eigenvalue weighted by Gasteiger charge is 2.44. The smallest absolute Gasteiger partial charge is 0.252 e. The van der Waals surface area contributed by atoms with Crippen molar-refractivity contribution >= 4 is 5.91 Å². The van der Waals surface area contributed by atoms with Crippen LogP contribution in [0.15, 0.2) is 30.3 Å². The van der Waals surface area contributed by atoms with E-state index >= 15 is 0 Å². The lowest BCUT2D eigenvalue weighted by molar-refractivity contribution is -0.157. The number of amides is 1. The summed E-state index contributed by atoms with van der Waals surface area (Å²) in [5, 5.41) is 12.0. The molecule has 0 aromatic heterocycles. The van der Waals surface area contributed by atoms with Crippen molar-refractivity contribution in [3.63, 3.8) is 0 Å². The average Bonchev–Trinajstić information content (AvgIpc) is 2.72. The maximum atomic E-state index is 12.0. The monoisotopic (exact) mass is 265 g/mol. The third-order valence-corrected chi connectivity index (χ3v) is 2.93. The van der Waals surface area contributed by atoms with Crippen molar-refractivity contribution in [3.05, 3.63) is 35.9 Å². The minimum atomic E-state index is -0.845. The molecule has 0 bridgehead atoms. The molecule has 0 saturated carbocycles. The summed E-state index contributed by atoms with van der Waals surface area (Å²) in [5.41, 5.74) is 1.01.